The fourth-order valence-electron chi connectivity index (χ4n) is 7.67. The van der Waals surface area contributed by atoms with E-state index in [1.807, 2.05) is 11.4 Å². The van der Waals surface area contributed by atoms with E-state index in [0.29, 0.717) is 43.8 Å². The zero-order valence-electron chi connectivity index (χ0n) is 30.3. The summed E-state index contributed by atoms with van der Waals surface area (Å²) in [6.07, 6.45) is 10.9. The highest BCUT2D eigenvalue weighted by atomic mass is 32.1. The number of aliphatic carboxylic acids is 1. The number of nitrogens with zero attached hydrogens (tertiary/aromatic N) is 1. The molecule has 3 rings (SSSR count). The number of aliphatic hydroxyl groups is 3. The molecule has 0 aromatic heterocycles. The summed E-state index contributed by atoms with van der Waals surface area (Å²) < 4.78 is 9.85. The van der Waals surface area contributed by atoms with Gasteiger partial charge < -0.3 is 35.2 Å². The fourth-order valence-corrected chi connectivity index (χ4v) is 7.96. The minimum absolute atomic E-state index is 0.0393. The monoisotopic (exact) mass is 754 g/mol. The maximum atomic E-state index is 12.5. The van der Waals surface area contributed by atoms with E-state index in [4.69, 9.17) is 9.47 Å². The number of carbonyl (C=O) groups is 6. The maximum Gasteiger partial charge on any atom is 0.411 e. The smallest absolute Gasteiger partial charge is 0.411 e. The summed E-state index contributed by atoms with van der Waals surface area (Å²) >= 11 is 4.13. The number of hydrogen-bond donors (Lipinski definition) is 6. The van der Waals surface area contributed by atoms with E-state index in [1.54, 1.807) is 6.08 Å². The number of thiol groups is 1. The Kier molecular flexibility index (Phi) is 18.1. The van der Waals surface area contributed by atoms with E-state index >= 15 is 0 Å². The first kappa shape index (κ1) is 43.4. The number of ketones is 1. The zero-order valence-corrected chi connectivity index (χ0v) is 31.2. The molecular weight excluding hydrogens is 696 g/mol. The Morgan fingerprint density at radius 1 is 1.00 bits per heavy atom. The van der Waals surface area contributed by atoms with Crippen molar-refractivity contribution in [3.8, 4) is 0 Å². The van der Waals surface area contributed by atoms with Gasteiger partial charge in [0.05, 0.1) is 23.9 Å². The molecule has 0 aromatic rings. The molecule has 294 valence electrons. The van der Waals surface area contributed by atoms with Crippen LogP contribution in [-0.4, -0.2) is 104 Å². The normalized spacial score (nSPS) is 26.2. The third-order valence-corrected chi connectivity index (χ3v) is 11.4. The number of amides is 3. The van der Waals surface area contributed by atoms with E-state index in [9.17, 15) is 49.2 Å². The van der Waals surface area contributed by atoms with Crippen LogP contribution in [0.2, 0.25) is 0 Å². The van der Waals surface area contributed by atoms with Crippen molar-refractivity contribution in [3.05, 3.63) is 12.2 Å². The Balaban J connectivity index is 1.32. The van der Waals surface area contributed by atoms with Gasteiger partial charge in [0.2, 0.25) is 18.6 Å². The average molecular weight is 755 g/mol. The predicted molar refractivity (Wildman–Crippen MR) is 192 cm³/mol. The molecule has 14 nitrogen and oxygen atoms in total. The number of ether oxygens (including phenoxy) is 2. The van der Waals surface area contributed by atoms with Crippen LogP contribution in [0, 0.1) is 23.7 Å². The molecule has 3 amide bonds. The van der Waals surface area contributed by atoms with Crippen molar-refractivity contribution in [2.75, 3.05) is 19.9 Å². The van der Waals surface area contributed by atoms with Crippen molar-refractivity contribution < 1.29 is 58.7 Å². The fraction of sp³-hybridized carbons (Fsp3) is 0.784. The third kappa shape index (κ3) is 12.3. The van der Waals surface area contributed by atoms with Crippen molar-refractivity contribution in [2.24, 2.45) is 23.7 Å². The van der Waals surface area contributed by atoms with Gasteiger partial charge in [-0.05, 0) is 76.0 Å². The molecule has 3 aliphatic rings. The number of Topliss-reactive ketones (excluding diaryl/α,β-unsaturated/α-hetero) is 1. The number of esters is 1. The van der Waals surface area contributed by atoms with Gasteiger partial charge in [-0.2, -0.15) is 12.6 Å². The summed E-state index contributed by atoms with van der Waals surface area (Å²) in [4.78, 5) is 74.8. The molecule has 3 unspecified atom stereocenters. The number of rotatable bonds is 21. The van der Waals surface area contributed by atoms with Gasteiger partial charge in [0.25, 0.3) is 0 Å². The van der Waals surface area contributed by atoms with E-state index < -0.39 is 60.3 Å². The molecule has 1 heterocycles. The number of hydrogen-bond acceptors (Lipinski definition) is 12. The number of allylic oxidation sites excluding steroid dienone is 1. The molecule has 0 aromatic carbocycles. The van der Waals surface area contributed by atoms with Crippen LogP contribution in [-0.2, 0) is 33.4 Å². The molecule has 1 aliphatic heterocycles. The average Bonchev–Trinajstić information content (AvgIpc) is 3.36. The van der Waals surface area contributed by atoms with Gasteiger partial charge in [0.15, 0.2) is 5.54 Å². The summed E-state index contributed by atoms with van der Waals surface area (Å²) in [5.74, 6) is -2.29. The van der Waals surface area contributed by atoms with Crippen LogP contribution in [0.4, 0.5) is 4.79 Å². The lowest BCUT2D eigenvalue weighted by Gasteiger charge is -2.34. The van der Waals surface area contributed by atoms with E-state index in [2.05, 4.69) is 19.6 Å². The van der Waals surface area contributed by atoms with Gasteiger partial charge in [0, 0.05) is 25.3 Å². The van der Waals surface area contributed by atoms with Gasteiger partial charge in [-0.25, -0.2) is 9.59 Å². The van der Waals surface area contributed by atoms with Crippen molar-refractivity contribution in [1.82, 2.24) is 10.2 Å². The largest absolute Gasteiger partial charge is 0.479 e. The van der Waals surface area contributed by atoms with Crippen LogP contribution in [0.3, 0.4) is 0 Å². The van der Waals surface area contributed by atoms with Crippen molar-refractivity contribution in [3.63, 3.8) is 0 Å². The summed E-state index contributed by atoms with van der Waals surface area (Å²) in [5.41, 5.74) is -2.70. The molecule has 6 atom stereocenters. The lowest BCUT2D eigenvalue weighted by Crippen LogP contribution is -2.67. The predicted octanol–water partition coefficient (Wildman–Crippen LogP) is 3.69. The second kappa shape index (κ2) is 21.6. The molecule has 2 saturated carbocycles. The van der Waals surface area contributed by atoms with E-state index in [0.717, 1.165) is 64.2 Å². The van der Waals surface area contributed by atoms with Gasteiger partial charge in [-0.3, -0.25) is 24.1 Å². The minimum atomic E-state index is -2.70. The number of carboxylic acids is 1. The first-order valence-electron chi connectivity index (χ1n) is 18.9. The minimum Gasteiger partial charge on any atom is -0.479 e. The lowest BCUT2D eigenvalue weighted by molar-refractivity contribution is -0.162. The number of imide groups is 1. The first-order chi connectivity index (χ1) is 24.8. The highest BCUT2D eigenvalue weighted by Gasteiger charge is 2.50. The standard InChI is InChI=1S/C37H58N2O12S/c1-2-25-12-11-15-28(41)27(25)13-9-7-5-3-4-6-8-10-14-29(42)32(44)37(22-40,35(47)48)38-36(49)51-23-50-34(46)26-18-16-24(17-19-26)21-39-31(43)20-30(52)33(39)45/h8,10,24-27,29-30,32,40,42,44,52H,2-7,9,11-23H2,1H3,(H,38,49)(H,47,48)/b10-8+/t24?,25?,26?,27?,29-,30?,32+,37+/m1/s1. The van der Waals surface area contributed by atoms with Crippen LogP contribution < -0.4 is 5.32 Å². The number of aliphatic hydroxyl groups excluding tert-OH is 3. The lowest BCUT2D eigenvalue weighted by atomic mass is 9.74. The Morgan fingerprint density at radius 3 is 2.33 bits per heavy atom. The summed E-state index contributed by atoms with van der Waals surface area (Å²) in [6, 6.07) is 0. The molecular formula is C37H58N2O12S. The quantitative estimate of drug-likeness (QED) is 0.0247. The second-order valence-corrected chi connectivity index (χ2v) is 15.2. The van der Waals surface area contributed by atoms with Gasteiger partial charge in [0.1, 0.15) is 11.9 Å². The van der Waals surface area contributed by atoms with E-state index in [1.165, 1.54) is 4.90 Å². The highest BCUT2D eigenvalue weighted by molar-refractivity contribution is 7.81. The third-order valence-electron chi connectivity index (χ3n) is 11.0. The maximum absolute atomic E-state index is 12.5. The first-order valence-corrected chi connectivity index (χ1v) is 19.4. The summed E-state index contributed by atoms with van der Waals surface area (Å²) in [5, 5.41) is 42.2. The molecule has 1 saturated heterocycles. The van der Waals surface area contributed by atoms with E-state index in [-0.39, 0.29) is 43.0 Å². The Morgan fingerprint density at radius 2 is 1.69 bits per heavy atom. The highest BCUT2D eigenvalue weighted by Crippen LogP contribution is 2.34. The van der Waals surface area contributed by atoms with Crippen LogP contribution in [0.1, 0.15) is 116 Å². The van der Waals surface area contributed by atoms with Crippen LogP contribution in [0.15, 0.2) is 12.2 Å². The Bertz CT molecular complexity index is 1250. The number of nitrogens with one attached hydrogen (secondary N) is 1. The number of carboxylic acid groups (broad SMARTS) is 1. The van der Waals surface area contributed by atoms with Crippen LogP contribution in [0.5, 0.6) is 0 Å². The zero-order chi connectivity index (χ0) is 38.3. The molecule has 0 spiro atoms. The molecule has 0 radical (unpaired) electrons. The number of carbonyl (C=O) groups excluding carboxylic acids is 5. The Labute approximate surface area is 311 Å². The van der Waals surface area contributed by atoms with Crippen molar-refractivity contribution >= 4 is 48.3 Å². The molecule has 3 fully saturated rings. The van der Waals surface area contributed by atoms with Gasteiger partial charge in [-0.15, -0.1) is 0 Å². The topological polar surface area (TPSA) is 217 Å². The van der Waals surface area contributed by atoms with Crippen LogP contribution in [0.25, 0.3) is 0 Å². The molecule has 0 bridgehead atoms. The van der Waals surface area contributed by atoms with Crippen LogP contribution >= 0.6 is 12.6 Å². The van der Waals surface area contributed by atoms with Gasteiger partial charge >= 0.3 is 18.0 Å². The second-order valence-electron chi connectivity index (χ2n) is 14.6. The molecule has 2 aliphatic carbocycles. The van der Waals surface area contributed by atoms with Crippen molar-refractivity contribution in [1.29, 1.82) is 0 Å². The SMILES string of the molecule is CCC1CCCC(=O)C1CCCCCCC/C=C/C[C@@H](O)[C@H](O)[C@](CO)(NC(=O)OCOC(=O)C1CCC(CN2C(=O)CC(S)C2=O)CC1)C(=O)O. The number of likely N-dealkylation sites (tertiary alicyclic amines) is 1. The molecule has 15 heteroatoms. The summed E-state index contributed by atoms with van der Waals surface area (Å²) in [6.45, 7) is 0.323. The number of alkyl carbamates (subject to hydrolysis) is 1. The Hall–Kier alpha value is -3.01. The number of unbranched alkanes of at least 4 members (excludes halogenated alkanes) is 5. The molecule has 5 N–H and O–H groups in total. The summed E-state index contributed by atoms with van der Waals surface area (Å²) in [7, 11) is 0. The molecule has 52 heavy (non-hydrogen) atoms. The van der Waals surface area contributed by atoms with Gasteiger partial charge in [-0.1, -0.05) is 51.2 Å². The van der Waals surface area contributed by atoms with Crippen molar-refractivity contribution in [2.45, 2.75) is 139 Å².